The molecular weight excluding hydrogens is 294 g/mol. The lowest BCUT2D eigenvalue weighted by Crippen LogP contribution is -2.33. The van der Waals surface area contributed by atoms with E-state index in [0.29, 0.717) is 24.3 Å². The first-order valence-electron chi connectivity index (χ1n) is 8.36. The van der Waals surface area contributed by atoms with E-state index >= 15 is 0 Å². The van der Waals surface area contributed by atoms with Crippen LogP contribution in [0.4, 0.5) is 5.82 Å². The van der Waals surface area contributed by atoms with Gasteiger partial charge in [-0.15, -0.1) is 0 Å². The smallest absolute Gasteiger partial charge is 0.234 e. The monoisotopic (exact) mass is 315 g/mol. The number of piperidine rings is 1. The van der Waals surface area contributed by atoms with E-state index in [1.165, 1.54) is 12.8 Å². The zero-order chi connectivity index (χ0) is 15.6. The Bertz CT molecular complexity index is 662. The third-order valence-corrected chi connectivity index (χ3v) is 4.46. The van der Waals surface area contributed by atoms with Crippen LogP contribution in [0.5, 0.6) is 5.88 Å². The SMILES string of the molecule is CCOc1cncc(N2CCC(c3noc(C4CC4)n3)CC2)n1. The highest BCUT2D eigenvalue weighted by atomic mass is 16.5. The second kappa shape index (κ2) is 6.14. The van der Waals surface area contributed by atoms with Crippen molar-refractivity contribution in [2.45, 2.75) is 44.4 Å². The van der Waals surface area contributed by atoms with E-state index < -0.39 is 0 Å². The molecule has 2 aromatic heterocycles. The van der Waals surface area contributed by atoms with E-state index in [1.807, 2.05) is 6.92 Å². The summed E-state index contributed by atoms with van der Waals surface area (Å²) in [5.41, 5.74) is 0. The zero-order valence-corrected chi connectivity index (χ0v) is 13.3. The van der Waals surface area contributed by atoms with Crippen LogP contribution in [0.2, 0.25) is 0 Å². The first-order chi connectivity index (χ1) is 11.3. The lowest BCUT2D eigenvalue weighted by molar-refractivity contribution is 0.325. The lowest BCUT2D eigenvalue weighted by atomic mass is 9.96. The van der Waals surface area contributed by atoms with Crippen molar-refractivity contribution < 1.29 is 9.26 Å². The predicted molar refractivity (Wildman–Crippen MR) is 83.7 cm³/mol. The summed E-state index contributed by atoms with van der Waals surface area (Å²) in [4.78, 5) is 15.6. The fourth-order valence-electron chi connectivity index (χ4n) is 2.98. The first kappa shape index (κ1) is 14.4. The Morgan fingerprint density at radius 2 is 1.96 bits per heavy atom. The van der Waals surface area contributed by atoms with Crippen LogP contribution in [0.1, 0.15) is 56.2 Å². The number of hydrogen-bond acceptors (Lipinski definition) is 7. The molecule has 7 heteroatoms. The third kappa shape index (κ3) is 3.13. The number of nitrogens with zero attached hydrogens (tertiary/aromatic N) is 5. The largest absolute Gasteiger partial charge is 0.477 e. The van der Waals surface area contributed by atoms with Crippen molar-refractivity contribution in [1.29, 1.82) is 0 Å². The van der Waals surface area contributed by atoms with Crippen LogP contribution in [-0.4, -0.2) is 39.8 Å². The van der Waals surface area contributed by atoms with E-state index in [1.54, 1.807) is 12.4 Å². The third-order valence-electron chi connectivity index (χ3n) is 4.46. The molecule has 1 aliphatic carbocycles. The molecule has 1 saturated carbocycles. The molecule has 0 bridgehead atoms. The molecule has 23 heavy (non-hydrogen) atoms. The molecule has 4 rings (SSSR count). The van der Waals surface area contributed by atoms with E-state index in [0.717, 1.165) is 43.5 Å². The summed E-state index contributed by atoms with van der Waals surface area (Å²) in [5.74, 6) is 4.07. The topological polar surface area (TPSA) is 77.2 Å². The minimum Gasteiger partial charge on any atom is -0.477 e. The Hall–Kier alpha value is -2.18. The summed E-state index contributed by atoms with van der Waals surface area (Å²) in [7, 11) is 0. The van der Waals surface area contributed by atoms with Gasteiger partial charge in [-0.25, -0.2) is 0 Å². The molecule has 7 nitrogen and oxygen atoms in total. The highest BCUT2D eigenvalue weighted by molar-refractivity contribution is 5.38. The van der Waals surface area contributed by atoms with E-state index in [2.05, 4.69) is 25.0 Å². The Balaban J connectivity index is 1.39. The Labute approximate surface area is 135 Å². The van der Waals surface area contributed by atoms with Gasteiger partial charge in [0.15, 0.2) is 11.6 Å². The van der Waals surface area contributed by atoms with Gasteiger partial charge in [0.25, 0.3) is 0 Å². The van der Waals surface area contributed by atoms with Crippen LogP contribution in [-0.2, 0) is 0 Å². The summed E-state index contributed by atoms with van der Waals surface area (Å²) in [6, 6.07) is 0. The van der Waals surface area contributed by atoms with Gasteiger partial charge in [0.05, 0.1) is 19.0 Å². The van der Waals surface area contributed by atoms with Gasteiger partial charge in [-0.3, -0.25) is 4.98 Å². The molecule has 0 radical (unpaired) electrons. The number of aromatic nitrogens is 4. The van der Waals surface area contributed by atoms with Crippen molar-refractivity contribution in [3.8, 4) is 5.88 Å². The fraction of sp³-hybridized carbons (Fsp3) is 0.625. The molecule has 2 fully saturated rings. The van der Waals surface area contributed by atoms with Crippen molar-refractivity contribution in [3.05, 3.63) is 24.1 Å². The average Bonchev–Trinajstić information content (AvgIpc) is 3.33. The summed E-state index contributed by atoms with van der Waals surface area (Å²) in [6.45, 7) is 4.38. The number of ether oxygens (including phenoxy) is 1. The maximum Gasteiger partial charge on any atom is 0.234 e. The summed E-state index contributed by atoms with van der Waals surface area (Å²) in [5, 5.41) is 4.18. The van der Waals surface area contributed by atoms with E-state index in [-0.39, 0.29) is 0 Å². The highest BCUT2D eigenvalue weighted by Gasteiger charge is 2.32. The standard InChI is InChI=1S/C16H21N5O2/c1-2-22-14-10-17-9-13(18-14)21-7-5-11(6-8-21)15-19-16(23-20-15)12-3-4-12/h9-12H,2-8H2,1H3. The molecule has 1 saturated heterocycles. The normalized spacial score (nSPS) is 19.1. The maximum atomic E-state index is 5.43. The van der Waals surface area contributed by atoms with E-state index in [4.69, 9.17) is 9.26 Å². The van der Waals surface area contributed by atoms with Gasteiger partial charge >= 0.3 is 0 Å². The predicted octanol–water partition coefficient (Wildman–Crippen LogP) is 2.52. The average molecular weight is 315 g/mol. The second-order valence-electron chi connectivity index (χ2n) is 6.17. The molecule has 3 heterocycles. The van der Waals surface area contributed by atoms with Crippen LogP contribution in [0, 0.1) is 0 Å². The van der Waals surface area contributed by atoms with Crippen molar-refractivity contribution in [2.75, 3.05) is 24.6 Å². The second-order valence-corrected chi connectivity index (χ2v) is 6.17. The van der Waals surface area contributed by atoms with Crippen molar-refractivity contribution in [2.24, 2.45) is 0 Å². The van der Waals surface area contributed by atoms with Crippen LogP contribution < -0.4 is 9.64 Å². The first-order valence-corrected chi connectivity index (χ1v) is 8.36. The Morgan fingerprint density at radius 3 is 2.70 bits per heavy atom. The van der Waals surface area contributed by atoms with Crippen molar-refractivity contribution >= 4 is 5.82 Å². The van der Waals surface area contributed by atoms with Gasteiger partial charge in [0.2, 0.25) is 11.8 Å². The Kier molecular flexibility index (Phi) is 3.85. The quantitative estimate of drug-likeness (QED) is 0.839. The van der Waals surface area contributed by atoms with Crippen molar-refractivity contribution in [1.82, 2.24) is 20.1 Å². The van der Waals surface area contributed by atoms with Crippen molar-refractivity contribution in [3.63, 3.8) is 0 Å². The number of rotatable bonds is 5. The number of anilines is 1. The zero-order valence-electron chi connectivity index (χ0n) is 13.3. The molecular formula is C16H21N5O2. The molecule has 2 aromatic rings. The molecule has 0 atom stereocenters. The van der Waals surface area contributed by atoms with Gasteiger partial charge in [-0.2, -0.15) is 9.97 Å². The van der Waals surface area contributed by atoms with Gasteiger partial charge < -0.3 is 14.2 Å². The van der Waals surface area contributed by atoms with Crippen LogP contribution >= 0.6 is 0 Å². The molecule has 122 valence electrons. The molecule has 0 amide bonds. The molecule has 0 N–H and O–H groups in total. The number of hydrogen-bond donors (Lipinski definition) is 0. The molecule has 0 unspecified atom stereocenters. The van der Waals surface area contributed by atoms with E-state index in [9.17, 15) is 0 Å². The summed E-state index contributed by atoms with van der Waals surface area (Å²) >= 11 is 0. The minimum atomic E-state index is 0.380. The summed E-state index contributed by atoms with van der Waals surface area (Å²) < 4.78 is 10.8. The Morgan fingerprint density at radius 1 is 1.13 bits per heavy atom. The molecule has 2 aliphatic rings. The highest BCUT2D eigenvalue weighted by Crippen LogP contribution is 2.39. The molecule has 1 aliphatic heterocycles. The fourth-order valence-corrected chi connectivity index (χ4v) is 2.98. The maximum absolute atomic E-state index is 5.43. The lowest BCUT2D eigenvalue weighted by Gasteiger charge is -2.31. The molecule has 0 aromatic carbocycles. The van der Waals surface area contributed by atoms with Gasteiger partial charge in [-0.1, -0.05) is 5.16 Å². The van der Waals surface area contributed by atoms with Gasteiger partial charge in [0, 0.05) is 24.9 Å². The van der Waals surface area contributed by atoms with Crippen LogP contribution in [0.25, 0.3) is 0 Å². The van der Waals surface area contributed by atoms with Crippen LogP contribution in [0.15, 0.2) is 16.9 Å². The van der Waals surface area contributed by atoms with Crippen LogP contribution in [0.3, 0.4) is 0 Å². The van der Waals surface area contributed by atoms with Gasteiger partial charge in [0.1, 0.15) is 0 Å². The minimum absolute atomic E-state index is 0.380. The molecule has 0 spiro atoms. The van der Waals surface area contributed by atoms with Gasteiger partial charge in [-0.05, 0) is 32.6 Å². The summed E-state index contributed by atoms with van der Waals surface area (Å²) in [6.07, 6.45) is 7.83.